The molecule has 3 aromatic rings. The van der Waals surface area contributed by atoms with Crippen LogP contribution in [-0.4, -0.2) is 31.5 Å². The van der Waals surface area contributed by atoms with Crippen molar-refractivity contribution in [3.8, 4) is 0 Å². The highest BCUT2D eigenvalue weighted by Gasteiger charge is 2.27. The second kappa shape index (κ2) is 9.86. The van der Waals surface area contributed by atoms with Crippen molar-refractivity contribution in [2.75, 3.05) is 20.6 Å². The molecule has 0 aromatic heterocycles. The van der Waals surface area contributed by atoms with E-state index in [2.05, 4.69) is 4.90 Å². The zero-order valence-corrected chi connectivity index (χ0v) is 16.5. The lowest BCUT2D eigenvalue weighted by Gasteiger charge is -2.24. The summed E-state index contributed by atoms with van der Waals surface area (Å²) in [6.45, 7) is 0.841. The van der Waals surface area contributed by atoms with Crippen molar-refractivity contribution in [2.24, 2.45) is 0 Å². The van der Waals surface area contributed by atoms with Crippen LogP contribution in [0, 0.1) is 0 Å². The molecule has 0 aliphatic rings. The Hall–Kier alpha value is -2.91. The van der Waals surface area contributed by atoms with Gasteiger partial charge in [-0.1, -0.05) is 91.0 Å². The minimum Gasteiger partial charge on any atom is -0.457 e. The van der Waals surface area contributed by atoms with Crippen LogP contribution in [0.3, 0.4) is 0 Å². The number of carbonyl (C=O) groups excluding carboxylic acids is 1. The molecule has 0 aliphatic heterocycles. The van der Waals surface area contributed by atoms with Gasteiger partial charge in [0.2, 0.25) is 0 Å². The molecule has 0 saturated heterocycles. The van der Waals surface area contributed by atoms with E-state index >= 15 is 0 Å². The lowest BCUT2D eigenvalue weighted by Crippen LogP contribution is -2.23. The Kier molecular flexibility index (Phi) is 6.99. The lowest BCUT2D eigenvalue weighted by molar-refractivity contribution is -0.150. The first kappa shape index (κ1) is 19.8. The van der Waals surface area contributed by atoms with Crippen LogP contribution in [0.5, 0.6) is 0 Å². The summed E-state index contributed by atoms with van der Waals surface area (Å²) in [5.41, 5.74) is 2.91. The fourth-order valence-electron chi connectivity index (χ4n) is 3.30. The van der Waals surface area contributed by atoms with Crippen LogP contribution in [0.2, 0.25) is 0 Å². The van der Waals surface area contributed by atoms with E-state index in [1.54, 1.807) is 0 Å². The molecule has 0 aliphatic carbocycles. The smallest absolute Gasteiger partial charge is 0.318 e. The zero-order chi connectivity index (χ0) is 19.8. The van der Waals surface area contributed by atoms with Gasteiger partial charge in [0.05, 0.1) is 0 Å². The summed E-state index contributed by atoms with van der Waals surface area (Å²) >= 11 is 0. The Morgan fingerprint density at radius 2 is 1.18 bits per heavy atom. The minimum atomic E-state index is -0.437. The molecule has 3 nitrogen and oxygen atoms in total. The van der Waals surface area contributed by atoms with Crippen LogP contribution in [0.15, 0.2) is 91.0 Å². The van der Waals surface area contributed by atoms with E-state index in [4.69, 9.17) is 4.74 Å². The van der Waals surface area contributed by atoms with Crippen molar-refractivity contribution >= 4 is 5.97 Å². The number of esters is 1. The SMILES string of the molecule is CN(C)CC[C@H](OC(=O)C(c1ccccc1)c1ccccc1)c1ccccc1. The fourth-order valence-corrected chi connectivity index (χ4v) is 3.30. The third-order valence-corrected chi connectivity index (χ3v) is 4.77. The average Bonchev–Trinajstić information content (AvgIpc) is 2.73. The molecule has 3 aromatic carbocycles. The predicted octanol–water partition coefficient (Wildman–Crippen LogP) is 5.05. The van der Waals surface area contributed by atoms with Crippen LogP contribution in [0.25, 0.3) is 0 Å². The fraction of sp³-hybridized carbons (Fsp3) is 0.240. The van der Waals surface area contributed by atoms with Crippen molar-refractivity contribution in [2.45, 2.75) is 18.4 Å². The number of hydrogen-bond acceptors (Lipinski definition) is 3. The summed E-state index contributed by atoms with van der Waals surface area (Å²) in [7, 11) is 4.06. The molecular weight excluding hydrogens is 346 g/mol. The Bertz CT molecular complexity index is 808. The molecule has 3 rings (SSSR count). The van der Waals surface area contributed by atoms with Crippen molar-refractivity contribution in [1.29, 1.82) is 0 Å². The summed E-state index contributed by atoms with van der Waals surface area (Å²) in [6, 6.07) is 29.7. The van der Waals surface area contributed by atoms with E-state index in [-0.39, 0.29) is 12.1 Å². The van der Waals surface area contributed by atoms with Gasteiger partial charge in [-0.2, -0.15) is 0 Å². The Balaban J connectivity index is 1.88. The first-order chi connectivity index (χ1) is 13.6. The highest BCUT2D eigenvalue weighted by Crippen LogP contribution is 2.30. The summed E-state index contributed by atoms with van der Waals surface area (Å²) < 4.78 is 6.09. The maximum absolute atomic E-state index is 13.3. The maximum Gasteiger partial charge on any atom is 0.318 e. The van der Waals surface area contributed by atoms with E-state index in [1.807, 2.05) is 105 Å². The second-order valence-electron chi connectivity index (χ2n) is 7.18. The van der Waals surface area contributed by atoms with Gasteiger partial charge in [-0.3, -0.25) is 4.79 Å². The molecular formula is C25H27NO2. The normalized spacial score (nSPS) is 12.1. The Morgan fingerprint density at radius 1 is 0.750 bits per heavy atom. The van der Waals surface area contributed by atoms with Gasteiger partial charge >= 0.3 is 5.97 Å². The lowest BCUT2D eigenvalue weighted by atomic mass is 9.91. The average molecular weight is 373 g/mol. The van der Waals surface area contributed by atoms with E-state index < -0.39 is 5.92 Å². The third kappa shape index (κ3) is 5.30. The Morgan fingerprint density at radius 3 is 1.61 bits per heavy atom. The van der Waals surface area contributed by atoms with Crippen LogP contribution in [0.4, 0.5) is 0 Å². The van der Waals surface area contributed by atoms with Gasteiger partial charge in [-0.05, 0) is 30.8 Å². The molecule has 0 radical (unpaired) electrons. The van der Waals surface area contributed by atoms with E-state index in [0.29, 0.717) is 0 Å². The topological polar surface area (TPSA) is 29.5 Å². The number of ether oxygens (including phenoxy) is 1. The van der Waals surface area contributed by atoms with E-state index in [9.17, 15) is 4.79 Å². The van der Waals surface area contributed by atoms with Crippen molar-refractivity contribution in [3.05, 3.63) is 108 Å². The van der Waals surface area contributed by atoms with Gasteiger partial charge in [-0.25, -0.2) is 0 Å². The summed E-state index contributed by atoms with van der Waals surface area (Å²) in [6.07, 6.45) is 0.477. The molecule has 0 bridgehead atoms. The summed E-state index contributed by atoms with van der Waals surface area (Å²) in [4.78, 5) is 15.4. The van der Waals surface area contributed by atoms with Crippen molar-refractivity contribution in [1.82, 2.24) is 4.90 Å². The first-order valence-corrected chi connectivity index (χ1v) is 9.65. The van der Waals surface area contributed by atoms with Gasteiger partial charge in [-0.15, -0.1) is 0 Å². The molecule has 0 unspecified atom stereocenters. The van der Waals surface area contributed by atoms with Crippen molar-refractivity contribution < 1.29 is 9.53 Å². The van der Waals surface area contributed by atoms with Gasteiger partial charge < -0.3 is 9.64 Å². The number of carbonyl (C=O) groups is 1. The highest BCUT2D eigenvalue weighted by atomic mass is 16.5. The first-order valence-electron chi connectivity index (χ1n) is 9.65. The number of rotatable bonds is 8. The van der Waals surface area contributed by atoms with Crippen LogP contribution in [0.1, 0.15) is 35.1 Å². The molecule has 0 fully saturated rings. The molecule has 0 saturated carbocycles. The molecule has 144 valence electrons. The molecule has 0 heterocycles. The standard InChI is InChI=1S/C25H27NO2/c1-26(2)19-18-23(20-12-6-3-7-13-20)28-25(27)24(21-14-8-4-9-15-21)22-16-10-5-11-17-22/h3-17,23-24H,18-19H2,1-2H3/t23-/m0/s1. The molecule has 28 heavy (non-hydrogen) atoms. The monoisotopic (exact) mass is 373 g/mol. The van der Waals surface area contributed by atoms with Crippen LogP contribution < -0.4 is 0 Å². The predicted molar refractivity (Wildman–Crippen MR) is 113 cm³/mol. The number of benzene rings is 3. The Labute approximate surface area is 167 Å². The molecule has 0 N–H and O–H groups in total. The molecule has 1 atom stereocenters. The minimum absolute atomic E-state index is 0.218. The maximum atomic E-state index is 13.3. The van der Waals surface area contributed by atoms with E-state index in [1.165, 1.54) is 0 Å². The third-order valence-electron chi connectivity index (χ3n) is 4.77. The quantitative estimate of drug-likeness (QED) is 0.517. The highest BCUT2D eigenvalue weighted by molar-refractivity contribution is 5.82. The second-order valence-corrected chi connectivity index (χ2v) is 7.18. The summed E-state index contributed by atoms with van der Waals surface area (Å²) in [5, 5.41) is 0. The van der Waals surface area contributed by atoms with Crippen LogP contribution >= 0.6 is 0 Å². The molecule has 0 amide bonds. The number of nitrogens with zero attached hydrogens (tertiary/aromatic N) is 1. The zero-order valence-electron chi connectivity index (χ0n) is 16.5. The largest absolute Gasteiger partial charge is 0.457 e. The number of hydrogen-bond donors (Lipinski definition) is 0. The molecule has 0 spiro atoms. The van der Waals surface area contributed by atoms with Gasteiger partial charge in [0.15, 0.2) is 0 Å². The van der Waals surface area contributed by atoms with Gasteiger partial charge in [0.1, 0.15) is 12.0 Å². The molecule has 3 heteroatoms. The van der Waals surface area contributed by atoms with Crippen LogP contribution in [-0.2, 0) is 9.53 Å². The van der Waals surface area contributed by atoms with E-state index in [0.717, 1.165) is 29.7 Å². The van der Waals surface area contributed by atoms with Gasteiger partial charge in [0, 0.05) is 13.0 Å². The van der Waals surface area contributed by atoms with Crippen molar-refractivity contribution in [3.63, 3.8) is 0 Å². The van der Waals surface area contributed by atoms with Gasteiger partial charge in [0.25, 0.3) is 0 Å². The summed E-state index contributed by atoms with van der Waals surface area (Å²) in [5.74, 6) is -0.655.